The summed E-state index contributed by atoms with van der Waals surface area (Å²) in [6, 6.07) is 11.1. The summed E-state index contributed by atoms with van der Waals surface area (Å²) in [4.78, 5) is 4.22. The number of benzene rings is 1. The maximum Gasteiger partial charge on any atom is 0.143 e. The van der Waals surface area contributed by atoms with Gasteiger partial charge in [0.2, 0.25) is 0 Å². The number of anilines is 3. The average molecular weight is 273 g/mol. The second kappa shape index (κ2) is 6.65. The molecule has 0 atom stereocenters. The summed E-state index contributed by atoms with van der Waals surface area (Å²) in [5.41, 5.74) is 6.48. The van der Waals surface area contributed by atoms with E-state index in [1.807, 2.05) is 44.2 Å². The van der Waals surface area contributed by atoms with Gasteiger partial charge >= 0.3 is 0 Å². The summed E-state index contributed by atoms with van der Waals surface area (Å²) >= 11 is 0. The number of nitrogens with two attached hydrogens (primary N) is 1. The Morgan fingerprint density at radius 1 is 1.10 bits per heavy atom. The van der Waals surface area contributed by atoms with Crippen LogP contribution < -0.4 is 20.5 Å². The van der Waals surface area contributed by atoms with E-state index in [1.165, 1.54) is 0 Å². The highest BCUT2D eigenvalue weighted by Gasteiger charge is 2.07. The highest BCUT2D eigenvalue weighted by atomic mass is 16.5. The Morgan fingerprint density at radius 2 is 1.90 bits per heavy atom. The largest absolute Gasteiger partial charge is 0.494 e. The zero-order valence-corrected chi connectivity index (χ0v) is 11.7. The van der Waals surface area contributed by atoms with Crippen molar-refractivity contribution in [1.82, 2.24) is 4.98 Å². The van der Waals surface area contributed by atoms with Crippen molar-refractivity contribution in [2.24, 2.45) is 0 Å². The van der Waals surface area contributed by atoms with Crippen LogP contribution in [-0.2, 0) is 0 Å². The van der Waals surface area contributed by atoms with E-state index in [4.69, 9.17) is 15.2 Å². The molecule has 1 heterocycles. The molecule has 20 heavy (non-hydrogen) atoms. The molecule has 2 aromatic rings. The number of hydrogen-bond donors (Lipinski definition) is 2. The highest BCUT2D eigenvalue weighted by Crippen LogP contribution is 2.31. The molecule has 3 N–H and O–H groups in total. The Labute approximate surface area is 118 Å². The number of nitrogens with one attached hydrogen (secondary N) is 1. The molecular weight excluding hydrogens is 254 g/mol. The van der Waals surface area contributed by atoms with Crippen molar-refractivity contribution in [2.45, 2.75) is 13.8 Å². The van der Waals surface area contributed by atoms with E-state index in [1.54, 1.807) is 6.07 Å². The fourth-order valence-corrected chi connectivity index (χ4v) is 1.80. The van der Waals surface area contributed by atoms with Crippen LogP contribution in [0.4, 0.5) is 17.3 Å². The molecule has 5 nitrogen and oxygen atoms in total. The summed E-state index contributed by atoms with van der Waals surface area (Å²) < 4.78 is 11.1. The molecule has 0 fully saturated rings. The molecule has 0 saturated carbocycles. The molecule has 0 saturated heterocycles. The van der Waals surface area contributed by atoms with Gasteiger partial charge < -0.3 is 20.5 Å². The van der Waals surface area contributed by atoms with Crippen molar-refractivity contribution < 1.29 is 9.47 Å². The van der Waals surface area contributed by atoms with Gasteiger partial charge in [0.25, 0.3) is 0 Å². The van der Waals surface area contributed by atoms with E-state index in [0.717, 1.165) is 17.2 Å². The Balaban J connectivity index is 2.29. The van der Waals surface area contributed by atoms with Gasteiger partial charge in [-0.2, -0.15) is 0 Å². The molecule has 0 aliphatic rings. The molecule has 106 valence electrons. The first-order valence-corrected chi connectivity index (χ1v) is 6.62. The Bertz CT molecular complexity index is 573. The molecule has 1 aromatic heterocycles. The first-order valence-electron chi connectivity index (χ1n) is 6.62. The Morgan fingerprint density at radius 3 is 2.60 bits per heavy atom. The molecule has 0 aliphatic heterocycles. The van der Waals surface area contributed by atoms with Crippen LogP contribution in [0.15, 0.2) is 36.4 Å². The highest BCUT2D eigenvalue weighted by molar-refractivity contribution is 5.66. The van der Waals surface area contributed by atoms with Crippen molar-refractivity contribution in [3.05, 3.63) is 36.4 Å². The molecular formula is C15H19N3O2. The average Bonchev–Trinajstić information content (AvgIpc) is 2.42. The molecule has 1 aromatic carbocycles. The second-order valence-electron chi connectivity index (χ2n) is 4.10. The van der Waals surface area contributed by atoms with Gasteiger partial charge in [-0.25, -0.2) is 4.98 Å². The number of rotatable bonds is 6. The number of nitrogen functional groups attached to an aromatic ring is 1. The van der Waals surface area contributed by atoms with E-state index in [-0.39, 0.29) is 0 Å². The zero-order chi connectivity index (χ0) is 14.4. The fourth-order valence-electron chi connectivity index (χ4n) is 1.80. The number of pyridine rings is 1. The van der Waals surface area contributed by atoms with Crippen LogP contribution in [0.25, 0.3) is 0 Å². The van der Waals surface area contributed by atoms with Gasteiger partial charge in [0.15, 0.2) is 0 Å². The molecule has 5 heteroatoms. The van der Waals surface area contributed by atoms with Crippen molar-refractivity contribution in [2.75, 3.05) is 24.3 Å². The minimum Gasteiger partial charge on any atom is -0.494 e. The second-order valence-corrected chi connectivity index (χ2v) is 4.10. The summed E-state index contributed by atoms with van der Waals surface area (Å²) in [7, 11) is 0. The summed E-state index contributed by atoms with van der Waals surface area (Å²) in [5.74, 6) is 2.66. The monoisotopic (exact) mass is 273 g/mol. The number of aromatic nitrogens is 1. The lowest BCUT2D eigenvalue weighted by Gasteiger charge is -2.14. The summed E-state index contributed by atoms with van der Waals surface area (Å²) in [6.45, 7) is 5.10. The first kappa shape index (κ1) is 14.0. The molecule has 2 rings (SSSR count). The maximum absolute atomic E-state index is 5.68. The zero-order valence-electron chi connectivity index (χ0n) is 11.7. The lowest BCUT2D eigenvalue weighted by Crippen LogP contribution is -2.01. The van der Waals surface area contributed by atoms with Crippen molar-refractivity contribution in [3.63, 3.8) is 0 Å². The van der Waals surface area contributed by atoms with E-state index in [9.17, 15) is 0 Å². The van der Waals surface area contributed by atoms with Gasteiger partial charge in [0.05, 0.1) is 18.9 Å². The number of ether oxygens (including phenoxy) is 2. The third-order valence-electron chi connectivity index (χ3n) is 2.60. The SMILES string of the molecule is CCOc1ccc(OCC)c(Nc2cccc(N)n2)c1. The molecule has 0 bridgehead atoms. The van der Waals surface area contributed by atoms with Crippen LogP contribution in [0.5, 0.6) is 11.5 Å². The predicted molar refractivity (Wildman–Crippen MR) is 80.7 cm³/mol. The standard InChI is InChI=1S/C15H19N3O2/c1-3-19-11-8-9-13(20-4-2)12(10-11)17-15-7-5-6-14(16)18-15/h5-10H,3-4H2,1-2H3,(H3,16,17,18). The van der Waals surface area contributed by atoms with Gasteiger partial charge in [-0.3, -0.25) is 0 Å². The smallest absolute Gasteiger partial charge is 0.143 e. The van der Waals surface area contributed by atoms with Crippen molar-refractivity contribution in [3.8, 4) is 11.5 Å². The quantitative estimate of drug-likeness (QED) is 0.845. The van der Waals surface area contributed by atoms with Crippen LogP contribution in [0, 0.1) is 0 Å². The third-order valence-corrected chi connectivity index (χ3v) is 2.60. The van der Waals surface area contributed by atoms with Crippen LogP contribution in [-0.4, -0.2) is 18.2 Å². The van der Waals surface area contributed by atoms with Gasteiger partial charge in [0.1, 0.15) is 23.1 Å². The van der Waals surface area contributed by atoms with E-state index in [2.05, 4.69) is 10.3 Å². The Kier molecular flexibility index (Phi) is 4.65. The summed E-state index contributed by atoms with van der Waals surface area (Å²) in [5, 5.41) is 3.20. The lowest BCUT2D eigenvalue weighted by atomic mass is 10.2. The van der Waals surface area contributed by atoms with E-state index < -0.39 is 0 Å². The van der Waals surface area contributed by atoms with E-state index in [0.29, 0.717) is 24.8 Å². The maximum atomic E-state index is 5.68. The molecule has 0 radical (unpaired) electrons. The minimum atomic E-state index is 0.467. The van der Waals surface area contributed by atoms with Gasteiger partial charge in [0, 0.05) is 6.07 Å². The topological polar surface area (TPSA) is 69.4 Å². The van der Waals surface area contributed by atoms with Crippen molar-refractivity contribution >= 4 is 17.3 Å². The number of hydrogen-bond acceptors (Lipinski definition) is 5. The normalized spacial score (nSPS) is 10.1. The van der Waals surface area contributed by atoms with Crippen LogP contribution in [0.1, 0.15) is 13.8 Å². The summed E-state index contributed by atoms with van der Waals surface area (Å²) in [6.07, 6.45) is 0. The predicted octanol–water partition coefficient (Wildman–Crippen LogP) is 3.20. The molecule has 0 spiro atoms. The fraction of sp³-hybridized carbons (Fsp3) is 0.267. The molecule has 0 amide bonds. The van der Waals surface area contributed by atoms with Crippen molar-refractivity contribution in [1.29, 1.82) is 0 Å². The van der Waals surface area contributed by atoms with Gasteiger partial charge in [-0.15, -0.1) is 0 Å². The third kappa shape index (κ3) is 3.54. The number of nitrogens with zero attached hydrogens (tertiary/aromatic N) is 1. The van der Waals surface area contributed by atoms with Crippen LogP contribution >= 0.6 is 0 Å². The lowest BCUT2D eigenvalue weighted by molar-refractivity contribution is 0.332. The van der Waals surface area contributed by atoms with Crippen LogP contribution in [0.3, 0.4) is 0 Å². The van der Waals surface area contributed by atoms with Gasteiger partial charge in [-0.05, 0) is 38.1 Å². The Hall–Kier alpha value is -2.43. The molecule has 0 unspecified atom stereocenters. The molecule has 0 aliphatic carbocycles. The van der Waals surface area contributed by atoms with E-state index >= 15 is 0 Å². The minimum absolute atomic E-state index is 0.467. The van der Waals surface area contributed by atoms with Gasteiger partial charge in [-0.1, -0.05) is 6.07 Å². The first-order chi connectivity index (χ1) is 9.72. The van der Waals surface area contributed by atoms with Crippen LogP contribution in [0.2, 0.25) is 0 Å².